The van der Waals surface area contributed by atoms with Crippen LogP contribution in [0, 0.1) is 5.92 Å². The molecule has 0 fully saturated rings. The van der Waals surface area contributed by atoms with Crippen LogP contribution in [0.15, 0.2) is 4.99 Å². The van der Waals surface area contributed by atoms with Crippen LogP contribution in [0.5, 0.6) is 0 Å². The Balaban J connectivity index is 2.64. The van der Waals surface area contributed by atoms with Crippen LogP contribution in [-0.4, -0.2) is 18.0 Å². The lowest BCUT2D eigenvalue weighted by molar-refractivity contribution is -0.124. The van der Waals surface area contributed by atoms with Gasteiger partial charge in [-0.15, -0.1) is 0 Å². The Morgan fingerprint density at radius 2 is 2.30 bits per heavy atom. The number of amides is 1. The Bertz CT molecular complexity index is 186. The number of nitrogens with two attached hydrogens (primary N) is 1. The maximum atomic E-state index is 10.8. The highest BCUT2D eigenvalue weighted by molar-refractivity contribution is 5.97. The average molecular weight is 142 g/mol. The van der Waals surface area contributed by atoms with Gasteiger partial charge in [-0.25, -0.2) is 0 Å². The van der Waals surface area contributed by atoms with Crippen molar-refractivity contribution in [3.05, 3.63) is 0 Å². The molecule has 1 heterocycles. The molecule has 0 radical (unpaired) electrons. The van der Waals surface area contributed by atoms with Gasteiger partial charge in [-0.2, -0.15) is 4.99 Å². The monoisotopic (exact) mass is 142 g/mol. The molecule has 1 rings (SSSR count). The van der Waals surface area contributed by atoms with E-state index < -0.39 is 6.10 Å². The Morgan fingerprint density at radius 1 is 1.70 bits per heavy atom. The van der Waals surface area contributed by atoms with E-state index in [1.807, 2.05) is 13.8 Å². The quantitative estimate of drug-likeness (QED) is 0.555. The summed E-state index contributed by atoms with van der Waals surface area (Å²) in [4.78, 5) is 14.3. The topological polar surface area (TPSA) is 64.7 Å². The van der Waals surface area contributed by atoms with Crippen molar-refractivity contribution in [2.24, 2.45) is 16.6 Å². The number of ether oxygens (including phenoxy) is 1. The minimum atomic E-state index is -0.458. The van der Waals surface area contributed by atoms with Gasteiger partial charge in [0.15, 0.2) is 6.10 Å². The van der Waals surface area contributed by atoms with Gasteiger partial charge in [0, 0.05) is 0 Å². The van der Waals surface area contributed by atoms with E-state index >= 15 is 0 Å². The first kappa shape index (κ1) is 7.05. The molecule has 1 aliphatic heterocycles. The van der Waals surface area contributed by atoms with Gasteiger partial charge in [-0.05, 0) is 5.92 Å². The lowest BCUT2D eigenvalue weighted by atomic mass is 10.1. The molecule has 0 unspecified atom stereocenters. The van der Waals surface area contributed by atoms with Gasteiger partial charge in [0.2, 0.25) is 0 Å². The summed E-state index contributed by atoms with van der Waals surface area (Å²) in [5.41, 5.74) is 5.16. The number of rotatable bonds is 1. The van der Waals surface area contributed by atoms with Gasteiger partial charge in [0.1, 0.15) is 0 Å². The fourth-order valence-corrected chi connectivity index (χ4v) is 0.800. The third-order valence-electron chi connectivity index (χ3n) is 1.32. The Labute approximate surface area is 59.1 Å². The van der Waals surface area contributed by atoms with Crippen molar-refractivity contribution in [3.8, 4) is 0 Å². The van der Waals surface area contributed by atoms with Crippen molar-refractivity contribution in [2.75, 3.05) is 0 Å². The summed E-state index contributed by atoms with van der Waals surface area (Å²) in [5.74, 6) is -0.134. The first-order valence-corrected chi connectivity index (χ1v) is 3.16. The smallest absolute Gasteiger partial charge is 0.291 e. The summed E-state index contributed by atoms with van der Waals surface area (Å²) in [6.45, 7) is 3.77. The molecule has 0 aromatic heterocycles. The van der Waals surface area contributed by atoms with Crippen LogP contribution in [0.25, 0.3) is 0 Å². The van der Waals surface area contributed by atoms with Crippen LogP contribution in [-0.2, 0) is 9.53 Å². The number of carbonyl (C=O) groups excluding carboxylic acids is 1. The Hall–Kier alpha value is -1.06. The van der Waals surface area contributed by atoms with Crippen molar-refractivity contribution in [2.45, 2.75) is 20.0 Å². The highest BCUT2D eigenvalue weighted by Crippen LogP contribution is 2.12. The summed E-state index contributed by atoms with van der Waals surface area (Å²) in [6.07, 6.45) is -0.458. The molecule has 0 aliphatic carbocycles. The van der Waals surface area contributed by atoms with Gasteiger partial charge in [0.05, 0.1) is 0 Å². The maximum absolute atomic E-state index is 10.8. The van der Waals surface area contributed by atoms with Gasteiger partial charge in [-0.3, -0.25) is 4.79 Å². The molecule has 4 nitrogen and oxygen atoms in total. The molecule has 1 amide bonds. The molecule has 1 aliphatic rings. The van der Waals surface area contributed by atoms with Gasteiger partial charge in [0.25, 0.3) is 11.9 Å². The van der Waals surface area contributed by atoms with E-state index in [1.54, 1.807) is 0 Å². The predicted octanol–water partition coefficient (Wildman–Crippen LogP) is -0.118. The Kier molecular flexibility index (Phi) is 1.61. The SMILES string of the molecule is CC(C)[C@@H]1OC(N)=NC1=O. The third kappa shape index (κ3) is 1.10. The van der Waals surface area contributed by atoms with E-state index in [0.29, 0.717) is 0 Å². The first-order chi connectivity index (χ1) is 4.61. The van der Waals surface area contributed by atoms with Crippen LogP contribution in [0.3, 0.4) is 0 Å². The molecule has 0 aromatic rings. The van der Waals surface area contributed by atoms with Crippen molar-refractivity contribution in [1.29, 1.82) is 0 Å². The summed E-state index contributed by atoms with van der Waals surface area (Å²) >= 11 is 0. The zero-order valence-corrected chi connectivity index (χ0v) is 6.00. The zero-order chi connectivity index (χ0) is 7.72. The van der Waals surface area contributed by atoms with Crippen LogP contribution in [0.1, 0.15) is 13.8 Å². The molecule has 10 heavy (non-hydrogen) atoms. The molecule has 0 saturated carbocycles. The number of hydrogen-bond donors (Lipinski definition) is 1. The van der Waals surface area contributed by atoms with E-state index in [4.69, 9.17) is 10.5 Å². The minimum Gasteiger partial charge on any atom is -0.451 e. The van der Waals surface area contributed by atoms with E-state index in [2.05, 4.69) is 4.99 Å². The van der Waals surface area contributed by atoms with Crippen LogP contribution in [0.4, 0.5) is 0 Å². The fraction of sp³-hybridized carbons (Fsp3) is 0.667. The molecule has 56 valence electrons. The second-order valence-corrected chi connectivity index (χ2v) is 2.57. The zero-order valence-electron chi connectivity index (χ0n) is 6.00. The highest BCUT2D eigenvalue weighted by atomic mass is 16.5. The molecule has 0 aromatic carbocycles. The summed E-state index contributed by atoms with van der Waals surface area (Å²) in [5, 5.41) is 0. The normalized spacial score (nSPS) is 24.9. The van der Waals surface area contributed by atoms with E-state index in [1.165, 1.54) is 0 Å². The van der Waals surface area contributed by atoms with E-state index in [0.717, 1.165) is 0 Å². The summed E-state index contributed by atoms with van der Waals surface area (Å²) in [7, 11) is 0. The molecule has 4 heteroatoms. The molecule has 0 spiro atoms. The predicted molar refractivity (Wildman–Crippen MR) is 36.3 cm³/mol. The number of amidine groups is 1. The second-order valence-electron chi connectivity index (χ2n) is 2.57. The standard InChI is InChI=1S/C6H10N2O2/c1-3(2)4-5(9)8-6(7)10-4/h3-4H,1-2H3,(H2,7,8,9)/t4-/m0/s1. The van der Waals surface area contributed by atoms with Gasteiger partial charge >= 0.3 is 0 Å². The fourth-order valence-electron chi connectivity index (χ4n) is 0.800. The molecule has 0 saturated heterocycles. The Morgan fingerprint density at radius 3 is 2.50 bits per heavy atom. The average Bonchev–Trinajstić information content (AvgIpc) is 2.10. The van der Waals surface area contributed by atoms with Gasteiger partial charge in [-0.1, -0.05) is 13.8 Å². The maximum Gasteiger partial charge on any atom is 0.291 e. The van der Waals surface area contributed by atoms with Crippen LogP contribution < -0.4 is 5.73 Å². The van der Waals surface area contributed by atoms with Crippen molar-refractivity contribution in [3.63, 3.8) is 0 Å². The largest absolute Gasteiger partial charge is 0.451 e. The number of carbonyl (C=O) groups is 1. The highest BCUT2D eigenvalue weighted by Gasteiger charge is 2.30. The summed E-state index contributed by atoms with van der Waals surface area (Å²) in [6, 6.07) is -0.0105. The number of nitrogens with zero attached hydrogens (tertiary/aromatic N) is 1. The lowest BCUT2D eigenvalue weighted by Crippen LogP contribution is -2.25. The second kappa shape index (κ2) is 2.28. The van der Waals surface area contributed by atoms with Crippen molar-refractivity contribution < 1.29 is 9.53 Å². The molecular formula is C6H10N2O2. The lowest BCUT2D eigenvalue weighted by Gasteiger charge is -2.10. The number of aliphatic imine (C=N–C) groups is 1. The minimum absolute atomic E-state index is 0.0105. The third-order valence-corrected chi connectivity index (χ3v) is 1.32. The van der Waals surface area contributed by atoms with Crippen molar-refractivity contribution >= 4 is 11.9 Å². The molecular weight excluding hydrogens is 132 g/mol. The van der Waals surface area contributed by atoms with Crippen LogP contribution >= 0.6 is 0 Å². The van der Waals surface area contributed by atoms with Crippen molar-refractivity contribution in [1.82, 2.24) is 0 Å². The van der Waals surface area contributed by atoms with Gasteiger partial charge < -0.3 is 10.5 Å². The molecule has 1 atom stereocenters. The van der Waals surface area contributed by atoms with Crippen LogP contribution in [0.2, 0.25) is 0 Å². The van der Waals surface area contributed by atoms with E-state index in [-0.39, 0.29) is 17.8 Å². The number of hydrogen-bond acceptors (Lipinski definition) is 3. The molecule has 2 N–H and O–H groups in total. The van der Waals surface area contributed by atoms with E-state index in [9.17, 15) is 4.79 Å². The summed E-state index contributed by atoms with van der Waals surface area (Å²) < 4.78 is 4.91. The molecule has 0 bridgehead atoms. The first-order valence-electron chi connectivity index (χ1n) is 3.16.